The molecule has 1 saturated heterocycles. The van der Waals surface area contributed by atoms with E-state index in [2.05, 4.69) is 31.9 Å². The average Bonchev–Trinajstić information content (AvgIpc) is 3.18. The molecule has 2 heterocycles. The van der Waals surface area contributed by atoms with E-state index >= 15 is 0 Å². The van der Waals surface area contributed by atoms with Crippen LogP contribution in [0.2, 0.25) is 10.0 Å². The lowest BCUT2D eigenvalue weighted by molar-refractivity contribution is -0.204. The second kappa shape index (κ2) is 12.5. The predicted octanol–water partition coefficient (Wildman–Crippen LogP) is 6.96. The van der Waals surface area contributed by atoms with Gasteiger partial charge in [-0.05, 0) is 81.6 Å². The first-order valence-corrected chi connectivity index (χ1v) is 15.6. The van der Waals surface area contributed by atoms with Crippen molar-refractivity contribution in [2.45, 2.75) is 51.6 Å². The molecule has 11 heteroatoms. The Hall–Kier alpha value is -3.11. The number of piperidine rings is 1. The molecule has 0 bridgehead atoms. The molecule has 2 amide bonds. The Labute approximate surface area is 269 Å². The highest BCUT2D eigenvalue weighted by atomic mass is 79.9. The van der Waals surface area contributed by atoms with Crippen LogP contribution < -0.4 is 16.0 Å². The Balaban J connectivity index is 1.40. The van der Waals surface area contributed by atoms with Crippen LogP contribution in [0.3, 0.4) is 0 Å². The molecule has 3 aromatic carbocycles. The van der Waals surface area contributed by atoms with E-state index in [1.54, 1.807) is 41.5 Å². The minimum absolute atomic E-state index is 0.105. The van der Waals surface area contributed by atoms with Crippen molar-refractivity contribution < 1.29 is 19.2 Å². The molecule has 0 aliphatic carbocycles. The Kier molecular flexibility index (Phi) is 9.09. The first kappa shape index (κ1) is 31.3. The lowest BCUT2D eigenvalue weighted by atomic mass is 9.84. The molecule has 3 N–H and O–H groups in total. The van der Waals surface area contributed by atoms with Gasteiger partial charge >= 0.3 is 5.97 Å². The first-order chi connectivity index (χ1) is 20.3. The van der Waals surface area contributed by atoms with Crippen LogP contribution in [0.1, 0.15) is 55.1 Å². The summed E-state index contributed by atoms with van der Waals surface area (Å²) >= 11 is 16.1. The molecule has 8 nitrogen and oxygen atoms in total. The maximum atomic E-state index is 13.8. The van der Waals surface area contributed by atoms with Gasteiger partial charge in [0.15, 0.2) is 0 Å². The summed E-state index contributed by atoms with van der Waals surface area (Å²) in [5.41, 5.74) is 1.20. The number of rotatable bonds is 7. The number of hydroxylamine groups is 2. The quantitative estimate of drug-likeness (QED) is 0.249. The number of nitrogens with zero attached hydrogens (tertiary/aromatic N) is 1. The molecule has 0 saturated carbocycles. The molecular formula is C32H33BrCl2N4O4. The number of hydrogen-bond donors (Lipinski definition) is 3. The average molecular weight is 688 g/mol. The van der Waals surface area contributed by atoms with E-state index in [9.17, 15) is 14.4 Å². The second-order valence-corrected chi connectivity index (χ2v) is 13.8. The van der Waals surface area contributed by atoms with Gasteiger partial charge in [0.25, 0.3) is 11.8 Å². The molecule has 0 aromatic heterocycles. The molecule has 0 spiro atoms. The van der Waals surface area contributed by atoms with Crippen molar-refractivity contribution in [1.82, 2.24) is 10.4 Å². The summed E-state index contributed by atoms with van der Waals surface area (Å²) in [6.45, 7) is 6.47. The monoisotopic (exact) mass is 686 g/mol. The standard InChI is InChI=1S/C32H33BrCl2N4O4/c1-31(2,3)30(42)43-39-13-11-23(12-14-39)36-28(40)24-9-7-20(33)16-26(24)38-32(18-19-5-4-6-21(34)15-19)25-10-8-22(35)17-27(25)37-29(32)41/h4-10,15-17,23,38H,11-14,18H2,1-3H3,(H,36,40)(H,37,41). The fourth-order valence-corrected chi connectivity index (χ4v) is 6.04. The number of carbonyl (C=O) groups excluding carboxylic acids is 3. The van der Waals surface area contributed by atoms with Gasteiger partial charge in [-0.3, -0.25) is 9.59 Å². The summed E-state index contributed by atoms with van der Waals surface area (Å²) < 4.78 is 0.744. The highest BCUT2D eigenvalue weighted by Crippen LogP contribution is 2.43. The van der Waals surface area contributed by atoms with Crippen molar-refractivity contribution in [1.29, 1.82) is 0 Å². The topological polar surface area (TPSA) is 99.8 Å². The maximum absolute atomic E-state index is 13.8. The number of carbonyl (C=O) groups is 3. The predicted molar refractivity (Wildman–Crippen MR) is 172 cm³/mol. The van der Waals surface area contributed by atoms with E-state index in [1.165, 1.54) is 0 Å². The number of amides is 2. The molecule has 1 fully saturated rings. The summed E-state index contributed by atoms with van der Waals surface area (Å²) in [4.78, 5) is 45.3. The van der Waals surface area contributed by atoms with Gasteiger partial charge in [0, 0.05) is 57.0 Å². The van der Waals surface area contributed by atoms with Gasteiger partial charge in [0.05, 0.1) is 11.0 Å². The minimum Gasteiger partial charge on any atom is -0.367 e. The van der Waals surface area contributed by atoms with Crippen molar-refractivity contribution in [2.75, 3.05) is 23.7 Å². The number of benzene rings is 3. The van der Waals surface area contributed by atoms with Crippen LogP contribution in [-0.2, 0) is 26.4 Å². The maximum Gasteiger partial charge on any atom is 0.330 e. The van der Waals surface area contributed by atoms with Crippen molar-refractivity contribution in [3.8, 4) is 0 Å². The number of halogens is 3. The van der Waals surface area contributed by atoms with Crippen LogP contribution in [-0.4, -0.2) is 42.0 Å². The number of fused-ring (bicyclic) bond motifs is 1. The molecule has 43 heavy (non-hydrogen) atoms. The van der Waals surface area contributed by atoms with Gasteiger partial charge in [-0.25, -0.2) is 4.79 Å². The van der Waals surface area contributed by atoms with E-state index in [0.29, 0.717) is 58.5 Å². The van der Waals surface area contributed by atoms with Gasteiger partial charge < -0.3 is 20.8 Å². The smallest absolute Gasteiger partial charge is 0.330 e. The van der Waals surface area contributed by atoms with Crippen LogP contribution in [0.25, 0.3) is 0 Å². The fourth-order valence-electron chi connectivity index (χ4n) is 5.30. The summed E-state index contributed by atoms with van der Waals surface area (Å²) in [5.74, 6) is -0.826. The van der Waals surface area contributed by atoms with Crippen LogP contribution in [0.15, 0.2) is 65.1 Å². The molecule has 1 atom stereocenters. The van der Waals surface area contributed by atoms with Gasteiger partial charge in [-0.1, -0.05) is 57.3 Å². The summed E-state index contributed by atoms with van der Waals surface area (Å²) in [6, 6.07) is 17.9. The second-order valence-electron chi connectivity index (χ2n) is 12.0. The third-order valence-corrected chi connectivity index (χ3v) is 8.59. The molecule has 0 radical (unpaired) electrons. The van der Waals surface area contributed by atoms with Crippen LogP contribution in [0, 0.1) is 5.41 Å². The minimum atomic E-state index is -1.25. The van der Waals surface area contributed by atoms with E-state index in [-0.39, 0.29) is 30.2 Å². The van der Waals surface area contributed by atoms with E-state index in [1.807, 2.05) is 45.0 Å². The van der Waals surface area contributed by atoms with Gasteiger partial charge in [0.2, 0.25) is 0 Å². The molecule has 226 valence electrons. The van der Waals surface area contributed by atoms with Crippen molar-refractivity contribution >= 4 is 68.3 Å². The van der Waals surface area contributed by atoms with E-state index in [0.717, 1.165) is 10.0 Å². The highest BCUT2D eigenvalue weighted by molar-refractivity contribution is 9.10. The molecule has 2 aliphatic rings. The van der Waals surface area contributed by atoms with Gasteiger partial charge in [-0.15, -0.1) is 5.06 Å². The molecule has 5 rings (SSSR count). The van der Waals surface area contributed by atoms with Crippen molar-refractivity contribution in [2.24, 2.45) is 5.41 Å². The Morgan fingerprint density at radius 3 is 2.47 bits per heavy atom. The number of anilines is 2. The third-order valence-electron chi connectivity index (χ3n) is 7.62. The van der Waals surface area contributed by atoms with E-state index < -0.39 is 11.0 Å². The van der Waals surface area contributed by atoms with Crippen molar-refractivity contribution in [3.63, 3.8) is 0 Å². The Morgan fingerprint density at radius 1 is 1.05 bits per heavy atom. The Bertz CT molecular complexity index is 1570. The Morgan fingerprint density at radius 2 is 1.77 bits per heavy atom. The summed E-state index contributed by atoms with van der Waals surface area (Å²) in [5, 5.41) is 12.3. The number of nitrogens with one attached hydrogen (secondary N) is 3. The zero-order valence-corrected chi connectivity index (χ0v) is 27.2. The summed E-state index contributed by atoms with van der Waals surface area (Å²) in [6.07, 6.45) is 1.52. The normalized spacial score (nSPS) is 19.0. The SMILES string of the molecule is CC(C)(C)C(=O)ON1CCC(NC(=O)c2ccc(Br)cc2NC2(Cc3cccc(Cl)c3)C(=O)Nc3cc(Cl)ccc32)CC1. The lowest BCUT2D eigenvalue weighted by Crippen LogP contribution is -2.47. The zero-order chi connectivity index (χ0) is 30.9. The van der Waals surface area contributed by atoms with Crippen LogP contribution >= 0.6 is 39.1 Å². The largest absolute Gasteiger partial charge is 0.367 e. The highest BCUT2D eigenvalue weighted by Gasteiger charge is 2.47. The first-order valence-electron chi connectivity index (χ1n) is 14.1. The molecular weight excluding hydrogens is 655 g/mol. The van der Waals surface area contributed by atoms with Crippen LogP contribution in [0.4, 0.5) is 11.4 Å². The number of hydrogen-bond acceptors (Lipinski definition) is 6. The lowest BCUT2D eigenvalue weighted by Gasteiger charge is -2.33. The molecule has 3 aromatic rings. The van der Waals surface area contributed by atoms with Gasteiger partial charge in [0.1, 0.15) is 5.54 Å². The fraction of sp³-hybridized carbons (Fsp3) is 0.344. The van der Waals surface area contributed by atoms with E-state index in [4.69, 9.17) is 28.0 Å². The van der Waals surface area contributed by atoms with Crippen LogP contribution in [0.5, 0.6) is 0 Å². The zero-order valence-electron chi connectivity index (χ0n) is 24.1. The molecule has 2 aliphatic heterocycles. The van der Waals surface area contributed by atoms with Crippen molar-refractivity contribution in [3.05, 3.63) is 91.9 Å². The summed E-state index contributed by atoms with van der Waals surface area (Å²) in [7, 11) is 0. The molecule has 1 unspecified atom stereocenters. The van der Waals surface area contributed by atoms with Gasteiger partial charge in [-0.2, -0.15) is 0 Å². The third kappa shape index (κ3) is 7.01.